The summed E-state index contributed by atoms with van der Waals surface area (Å²) in [6, 6.07) is 7.85. The zero-order valence-electron chi connectivity index (χ0n) is 12.4. The minimum absolute atomic E-state index is 0.00468. The normalized spacial score (nSPS) is 11.8. The zero-order valence-corrected chi connectivity index (χ0v) is 14.0. The fraction of sp³-hybridized carbons (Fsp3) is 0.143. The number of aryl methyl sites for hydroxylation is 1. The molecule has 7 nitrogen and oxygen atoms in total. The number of sulfone groups is 1. The molecule has 0 bridgehead atoms. The van der Waals surface area contributed by atoms with Crippen molar-refractivity contribution in [2.45, 2.75) is 16.7 Å². The first-order chi connectivity index (χ1) is 10.9. The molecule has 1 aromatic carbocycles. The Balaban J connectivity index is 2.42. The van der Waals surface area contributed by atoms with Gasteiger partial charge in [0, 0.05) is 18.8 Å². The maximum absolute atomic E-state index is 13.1. The molecule has 0 atom stereocenters. The summed E-state index contributed by atoms with van der Waals surface area (Å²) in [6.45, 7) is 1.73. The van der Waals surface area contributed by atoms with Gasteiger partial charge in [-0.15, -0.1) is 5.10 Å². The lowest BCUT2D eigenvalue weighted by Crippen LogP contribution is -2.07. The van der Waals surface area contributed by atoms with Crippen molar-refractivity contribution in [2.24, 2.45) is 0 Å². The topological polar surface area (TPSA) is 102 Å². The Labute approximate surface area is 138 Å². The number of nitrogen functional groups attached to an aromatic ring is 1. The first-order valence-electron chi connectivity index (χ1n) is 6.69. The van der Waals surface area contributed by atoms with Crippen LogP contribution < -0.4 is 11.1 Å². The highest BCUT2D eigenvalue weighted by molar-refractivity contribution is 7.92. The van der Waals surface area contributed by atoms with E-state index in [0.29, 0.717) is 11.5 Å². The van der Waals surface area contributed by atoms with Crippen molar-refractivity contribution in [3.63, 3.8) is 0 Å². The van der Waals surface area contributed by atoms with Crippen molar-refractivity contribution in [3.8, 4) is 0 Å². The number of anilines is 2. The molecule has 0 radical (unpaired) electrons. The smallest absolute Gasteiger partial charge is 0.215 e. The summed E-state index contributed by atoms with van der Waals surface area (Å²) < 4.78 is 27.4. The number of nitrogens with two attached hydrogens (primary N) is 1. The second-order valence-electron chi connectivity index (χ2n) is 4.92. The highest BCUT2D eigenvalue weighted by atomic mass is 35.5. The van der Waals surface area contributed by atoms with Crippen LogP contribution in [0.2, 0.25) is 5.02 Å². The molecule has 3 rings (SSSR count). The molecule has 23 heavy (non-hydrogen) atoms. The van der Waals surface area contributed by atoms with Gasteiger partial charge in [-0.1, -0.05) is 23.7 Å². The molecule has 3 aromatic rings. The third-order valence-electron chi connectivity index (χ3n) is 3.33. The molecule has 0 amide bonds. The molecule has 0 aliphatic rings. The van der Waals surface area contributed by atoms with Crippen LogP contribution in [0.3, 0.4) is 0 Å². The van der Waals surface area contributed by atoms with Gasteiger partial charge in [-0.25, -0.2) is 13.4 Å². The molecular formula is C14H14ClN5O2S. The monoisotopic (exact) mass is 351 g/mol. The van der Waals surface area contributed by atoms with Crippen LogP contribution in [-0.4, -0.2) is 30.1 Å². The predicted octanol–water partition coefficient (Wildman–Crippen LogP) is 2.15. The molecular weight excluding hydrogens is 338 g/mol. The van der Waals surface area contributed by atoms with E-state index in [1.165, 1.54) is 16.6 Å². The number of halogens is 1. The Kier molecular flexibility index (Phi) is 3.65. The van der Waals surface area contributed by atoms with Gasteiger partial charge in [-0.3, -0.25) is 0 Å². The molecule has 0 aliphatic heterocycles. The molecule has 2 heterocycles. The van der Waals surface area contributed by atoms with Gasteiger partial charge in [-0.05, 0) is 19.1 Å². The summed E-state index contributed by atoms with van der Waals surface area (Å²) in [6.07, 6.45) is 0. The Morgan fingerprint density at radius 2 is 2.00 bits per heavy atom. The Bertz CT molecular complexity index is 1010. The lowest BCUT2D eigenvalue weighted by Gasteiger charge is -2.07. The highest BCUT2D eigenvalue weighted by Gasteiger charge is 2.30. The quantitative estimate of drug-likeness (QED) is 0.749. The SMILES string of the molecule is CNc1nn2c(N)cc(C)nc2c1S(=O)(=O)c1ccccc1Cl. The summed E-state index contributed by atoms with van der Waals surface area (Å²) in [5.41, 5.74) is 6.67. The van der Waals surface area contributed by atoms with Crippen molar-refractivity contribution in [2.75, 3.05) is 18.1 Å². The van der Waals surface area contributed by atoms with Gasteiger partial charge >= 0.3 is 0 Å². The fourth-order valence-corrected chi connectivity index (χ4v) is 4.34. The number of hydrogen-bond donors (Lipinski definition) is 2. The maximum Gasteiger partial charge on any atom is 0.215 e. The summed E-state index contributed by atoms with van der Waals surface area (Å²) in [4.78, 5) is 4.23. The average molecular weight is 352 g/mol. The van der Waals surface area contributed by atoms with Gasteiger partial charge in [0.15, 0.2) is 16.4 Å². The molecule has 3 N–H and O–H groups in total. The number of fused-ring (bicyclic) bond motifs is 1. The number of rotatable bonds is 3. The van der Waals surface area contributed by atoms with Crippen LogP contribution in [0.5, 0.6) is 0 Å². The summed E-state index contributed by atoms with van der Waals surface area (Å²) in [7, 11) is -2.35. The second-order valence-corrected chi connectivity index (χ2v) is 7.18. The molecule has 9 heteroatoms. The lowest BCUT2D eigenvalue weighted by molar-refractivity contribution is 0.597. The minimum Gasteiger partial charge on any atom is -0.384 e. The maximum atomic E-state index is 13.1. The highest BCUT2D eigenvalue weighted by Crippen LogP contribution is 2.34. The van der Waals surface area contributed by atoms with E-state index in [2.05, 4.69) is 15.4 Å². The predicted molar refractivity (Wildman–Crippen MR) is 88.6 cm³/mol. The molecule has 120 valence electrons. The Morgan fingerprint density at radius 1 is 1.30 bits per heavy atom. The fourth-order valence-electron chi connectivity index (χ4n) is 2.33. The van der Waals surface area contributed by atoms with E-state index in [1.54, 1.807) is 32.2 Å². The largest absolute Gasteiger partial charge is 0.384 e. The van der Waals surface area contributed by atoms with E-state index >= 15 is 0 Å². The van der Waals surface area contributed by atoms with E-state index in [0.717, 1.165) is 0 Å². The summed E-state index contributed by atoms with van der Waals surface area (Å²) in [5.74, 6) is 0.458. The van der Waals surface area contributed by atoms with E-state index in [9.17, 15) is 8.42 Å². The van der Waals surface area contributed by atoms with Crippen molar-refractivity contribution in [1.29, 1.82) is 0 Å². The summed E-state index contributed by atoms with van der Waals surface area (Å²) >= 11 is 6.06. The van der Waals surface area contributed by atoms with Crippen molar-refractivity contribution < 1.29 is 8.42 Å². The van der Waals surface area contributed by atoms with Crippen molar-refractivity contribution in [3.05, 3.63) is 41.0 Å². The molecule has 0 fully saturated rings. The molecule has 0 spiro atoms. The second kappa shape index (κ2) is 5.39. The Hall–Kier alpha value is -2.32. The standard InChI is InChI=1S/C14H14ClN5O2S/c1-8-7-11(16)20-14(18-8)12(13(17-2)19-20)23(21,22)10-6-4-3-5-9(10)15/h3-7H,16H2,1-2H3,(H,17,19). The number of nitrogens with zero attached hydrogens (tertiary/aromatic N) is 3. The first-order valence-corrected chi connectivity index (χ1v) is 8.55. The molecule has 0 unspecified atom stereocenters. The molecule has 0 aliphatic carbocycles. The number of hydrogen-bond acceptors (Lipinski definition) is 6. The third-order valence-corrected chi connectivity index (χ3v) is 5.62. The van der Waals surface area contributed by atoms with Gasteiger partial charge in [0.25, 0.3) is 0 Å². The van der Waals surface area contributed by atoms with Crippen LogP contribution in [0, 0.1) is 6.92 Å². The van der Waals surface area contributed by atoms with Crippen LogP contribution in [0.4, 0.5) is 11.6 Å². The van der Waals surface area contributed by atoms with E-state index in [1.807, 2.05) is 0 Å². The van der Waals surface area contributed by atoms with Gasteiger partial charge in [-0.2, -0.15) is 4.52 Å². The lowest BCUT2D eigenvalue weighted by atomic mass is 10.4. The van der Waals surface area contributed by atoms with Crippen molar-refractivity contribution >= 4 is 38.7 Å². The van der Waals surface area contributed by atoms with Crippen LogP contribution in [0.25, 0.3) is 5.65 Å². The van der Waals surface area contributed by atoms with Gasteiger partial charge in [0.1, 0.15) is 5.82 Å². The van der Waals surface area contributed by atoms with Crippen LogP contribution in [-0.2, 0) is 9.84 Å². The molecule has 0 saturated carbocycles. The zero-order chi connectivity index (χ0) is 16.8. The third kappa shape index (κ3) is 2.40. The van der Waals surface area contributed by atoms with Gasteiger partial charge in [0.2, 0.25) is 9.84 Å². The average Bonchev–Trinajstić information content (AvgIpc) is 2.87. The van der Waals surface area contributed by atoms with E-state index < -0.39 is 9.84 Å². The first kappa shape index (κ1) is 15.6. The van der Waals surface area contributed by atoms with Crippen LogP contribution in [0.1, 0.15) is 5.69 Å². The van der Waals surface area contributed by atoms with Crippen molar-refractivity contribution in [1.82, 2.24) is 14.6 Å². The number of nitrogens with one attached hydrogen (secondary N) is 1. The van der Waals surface area contributed by atoms with Crippen LogP contribution >= 0.6 is 11.6 Å². The molecule has 0 saturated heterocycles. The summed E-state index contributed by atoms with van der Waals surface area (Å²) in [5, 5.41) is 7.10. The van der Waals surface area contributed by atoms with Gasteiger partial charge < -0.3 is 11.1 Å². The van der Waals surface area contributed by atoms with E-state index in [-0.39, 0.29) is 26.3 Å². The van der Waals surface area contributed by atoms with Gasteiger partial charge in [0.05, 0.1) is 9.92 Å². The number of benzene rings is 1. The Morgan fingerprint density at radius 3 is 2.65 bits per heavy atom. The minimum atomic E-state index is -3.93. The van der Waals surface area contributed by atoms with Crippen LogP contribution in [0.15, 0.2) is 40.1 Å². The molecule has 2 aromatic heterocycles. The van der Waals surface area contributed by atoms with E-state index in [4.69, 9.17) is 17.3 Å². The number of aromatic nitrogens is 3.